The number of carbonyl (C=O) groups is 4. The van der Waals surface area contributed by atoms with Crippen LogP contribution in [0.25, 0.3) is 109 Å². The van der Waals surface area contributed by atoms with Crippen LogP contribution in [-0.4, -0.2) is 154 Å². The fourth-order valence-corrected chi connectivity index (χ4v) is 16.3. The van der Waals surface area contributed by atoms with Gasteiger partial charge in [-0.3, -0.25) is 66.8 Å². The summed E-state index contributed by atoms with van der Waals surface area (Å²) in [6, 6.07) is 56.7. The number of H-pyrrole nitrogens is 2. The van der Waals surface area contributed by atoms with Gasteiger partial charge in [0.05, 0.1) is 68.0 Å². The molecule has 4 aliphatic rings. The minimum atomic E-state index is -0.195. The first-order valence-electron chi connectivity index (χ1n) is 38.5. The summed E-state index contributed by atoms with van der Waals surface area (Å²) in [4.78, 5) is 115. The van der Waals surface area contributed by atoms with Crippen molar-refractivity contribution in [2.24, 2.45) is 0 Å². The SMILES string of the molecule is C=CC(=O)N1CC(c2ccc3c(=O)n(-c4c(C)ccc5[nH]ncc45)ccc3c2)C1.C=CC(=O)N1CC(c2ccc3c(=O)n(-c4c(C)ccc5[nH]ncc45)cnc3c2)C1.C=CC(=O)N1CC(c2ccc3c(=O)n(-c4cc(O)cc5ccccc45)cnc3c2)C1.C=CC(=O)N1CC(c2ccc3cn(-c4cc(O)cc5ccccc45)c(=O)cc3c2)C1. The molecule has 0 bridgehead atoms. The summed E-state index contributed by atoms with van der Waals surface area (Å²) in [6.45, 7) is 23.4. The first-order valence-corrected chi connectivity index (χ1v) is 38.5. The van der Waals surface area contributed by atoms with Crippen molar-refractivity contribution in [3.8, 4) is 34.2 Å². The van der Waals surface area contributed by atoms with E-state index in [4.69, 9.17) is 0 Å². The van der Waals surface area contributed by atoms with Crippen molar-refractivity contribution < 1.29 is 29.4 Å². The first kappa shape index (κ1) is 75.5. The van der Waals surface area contributed by atoms with Crippen LogP contribution in [-0.2, 0) is 19.2 Å². The summed E-state index contributed by atoms with van der Waals surface area (Å²) in [5, 5.41) is 44.1. The summed E-state index contributed by atoms with van der Waals surface area (Å²) in [6.07, 6.45) is 15.6. The third-order valence-electron chi connectivity index (χ3n) is 23.0. The van der Waals surface area contributed by atoms with E-state index < -0.39 is 0 Å². The number of aromatic nitrogens is 10. The van der Waals surface area contributed by atoms with Gasteiger partial charge < -0.3 is 29.8 Å². The molecular weight excluding hydrogens is 1490 g/mol. The van der Waals surface area contributed by atoms with E-state index in [-0.39, 0.29) is 75.1 Å². The highest BCUT2D eigenvalue weighted by atomic mass is 16.3. The maximum atomic E-state index is 13.3. The van der Waals surface area contributed by atoms with Crippen molar-refractivity contribution in [2.75, 3.05) is 52.4 Å². The molecule has 0 spiro atoms. The van der Waals surface area contributed by atoms with Crippen LogP contribution in [0.2, 0.25) is 0 Å². The van der Waals surface area contributed by atoms with Crippen molar-refractivity contribution >= 4 is 110 Å². The van der Waals surface area contributed by atoms with Gasteiger partial charge in [0.15, 0.2) is 0 Å². The number of hydrogen-bond donors (Lipinski definition) is 4. The van der Waals surface area contributed by atoms with E-state index in [2.05, 4.69) is 68.8 Å². The second kappa shape index (κ2) is 31.0. The highest BCUT2D eigenvalue weighted by molar-refractivity contribution is 5.96. The van der Waals surface area contributed by atoms with Gasteiger partial charge in [0.1, 0.15) is 24.2 Å². The van der Waals surface area contributed by atoms with Gasteiger partial charge in [-0.15, -0.1) is 0 Å². The van der Waals surface area contributed by atoms with Crippen LogP contribution in [0, 0.1) is 13.8 Å². The van der Waals surface area contributed by atoms with Crippen molar-refractivity contribution in [1.29, 1.82) is 0 Å². The molecule has 20 rings (SSSR count). The average Bonchev–Trinajstić information content (AvgIpc) is 1.06. The lowest BCUT2D eigenvalue weighted by Crippen LogP contribution is -2.47. The Balaban J connectivity index is 0.000000113. The maximum Gasteiger partial charge on any atom is 0.265 e. The molecule has 10 aromatic carbocycles. The fourth-order valence-electron chi connectivity index (χ4n) is 16.3. The second-order valence-electron chi connectivity index (χ2n) is 30.2. The number of phenols is 2. The molecule has 4 fully saturated rings. The largest absolute Gasteiger partial charge is 0.508 e. The number of benzene rings is 10. The molecule has 6 aromatic heterocycles. The average molecular weight is 1560 g/mol. The zero-order valence-electron chi connectivity index (χ0n) is 64.4. The summed E-state index contributed by atoms with van der Waals surface area (Å²) < 4.78 is 6.34. The number of aromatic hydroxyl groups is 2. The van der Waals surface area contributed by atoms with Gasteiger partial charge in [-0.05, 0) is 159 Å². The molecule has 4 N–H and O–H groups in total. The van der Waals surface area contributed by atoms with Crippen molar-refractivity contribution in [3.05, 3.63) is 345 Å². The Morgan fingerprint density at radius 1 is 0.381 bits per heavy atom. The standard InChI is InChI=1S/C25H20N2O3.C24H19N3O3.C23H20N4O2.C22H19N5O2/c1-2-24(29)26-13-20(14-26)16-7-8-18-15-27(25(30)11-19(18)9-16)23-12-21(28)10-17-5-3-4-6-22(17)23;1-2-23(29)26-12-17(13-26)15-7-8-20-21(10-15)25-14-27(24(20)30)22-11-18(28)9-16-5-3-4-6-19(16)22;1-3-21(28)26-12-17(13-26)15-5-6-18-16(10-15)8-9-27(23(18)29)22-14(2)4-7-20-19(22)11-24-25-20;1-3-20(28)26-10-15(11-26)14-5-6-16-19(8-14)23-12-27(22(16)29)21-13(2)4-7-18-17(21)9-24-25-18/h2-12,15,20,28H,1,13-14H2;2-11,14,17,28H,1,12-13H2;3-11,17H,1,12-13H2,2H3,(H,24,25);3-9,12,15H,1,10-11H2,2H3,(H,24,25). The van der Waals surface area contributed by atoms with Crippen LogP contribution in [0.4, 0.5) is 0 Å². The minimum Gasteiger partial charge on any atom is -0.508 e. The molecule has 0 unspecified atom stereocenters. The minimum absolute atomic E-state index is 0.0336. The fraction of sp³-hybridized carbons (Fsp3) is 0.149. The number of hydrogen-bond acceptors (Lipinski definition) is 14. The molecular formula is C94H78N14O10. The van der Waals surface area contributed by atoms with Gasteiger partial charge in [0.25, 0.3) is 22.2 Å². The first-order chi connectivity index (χ1) is 57.2. The van der Waals surface area contributed by atoms with E-state index in [1.165, 1.54) is 35.2 Å². The molecule has 16 aromatic rings. The predicted octanol–water partition coefficient (Wildman–Crippen LogP) is 13.3. The number of aromatic amines is 2. The van der Waals surface area contributed by atoms with Crippen molar-refractivity contribution in [1.82, 2.24) is 68.2 Å². The highest BCUT2D eigenvalue weighted by Gasteiger charge is 2.35. The summed E-state index contributed by atoms with van der Waals surface area (Å²) in [7, 11) is 0. The van der Waals surface area contributed by atoms with Crippen LogP contribution >= 0.6 is 0 Å². The van der Waals surface area contributed by atoms with Gasteiger partial charge in [-0.25, -0.2) is 9.97 Å². The number of amides is 4. The molecule has 0 saturated carbocycles. The van der Waals surface area contributed by atoms with Crippen LogP contribution in [0.1, 0.15) is 57.1 Å². The van der Waals surface area contributed by atoms with Crippen molar-refractivity contribution in [2.45, 2.75) is 37.5 Å². The molecule has 4 saturated heterocycles. The number of nitrogens with zero attached hydrogens (tertiary/aromatic N) is 12. The third kappa shape index (κ3) is 14.0. The van der Waals surface area contributed by atoms with E-state index in [0.29, 0.717) is 96.8 Å². The number of nitrogens with one attached hydrogen (secondary N) is 2. The maximum absolute atomic E-state index is 13.3. The monoisotopic (exact) mass is 1560 g/mol. The number of phenolic OH excluding ortho intramolecular Hbond substituents is 2. The normalized spacial score (nSPS) is 14.2. The van der Waals surface area contributed by atoms with Gasteiger partial charge in [0, 0.05) is 134 Å². The highest BCUT2D eigenvalue weighted by Crippen LogP contribution is 2.37. The molecule has 24 heteroatoms. The number of carbonyl (C=O) groups excluding carboxylic acids is 4. The van der Waals surface area contributed by atoms with E-state index in [1.54, 1.807) is 88.4 Å². The molecule has 0 aliphatic carbocycles. The van der Waals surface area contributed by atoms with E-state index in [9.17, 15) is 48.6 Å². The number of aryl methyl sites for hydroxylation is 2. The Labute approximate surface area is 673 Å². The molecule has 24 nitrogen and oxygen atoms in total. The van der Waals surface area contributed by atoms with Gasteiger partial charge >= 0.3 is 0 Å². The third-order valence-corrected chi connectivity index (χ3v) is 23.0. The van der Waals surface area contributed by atoms with E-state index in [1.807, 2.05) is 160 Å². The second-order valence-corrected chi connectivity index (χ2v) is 30.2. The lowest BCUT2D eigenvalue weighted by atomic mass is 9.90. The number of rotatable bonds is 12. The van der Waals surface area contributed by atoms with Crippen LogP contribution in [0.15, 0.2) is 289 Å². The summed E-state index contributed by atoms with van der Waals surface area (Å²) in [5.74, 6) is 1.08. The van der Waals surface area contributed by atoms with Gasteiger partial charge in [0.2, 0.25) is 23.6 Å². The Hall–Kier alpha value is -15.2. The van der Waals surface area contributed by atoms with E-state index >= 15 is 0 Å². The number of fused-ring (bicyclic) bond motifs is 8. The number of likely N-dealkylation sites (tertiary alicyclic amines) is 4. The molecule has 0 radical (unpaired) electrons. The quantitative estimate of drug-likeness (QED) is 0.0827. The lowest BCUT2D eigenvalue weighted by molar-refractivity contribution is -0.131. The molecule has 0 atom stereocenters. The topological polar surface area (TPSA) is 293 Å². The lowest BCUT2D eigenvalue weighted by Gasteiger charge is -2.39. The van der Waals surface area contributed by atoms with Gasteiger partial charge in [-0.1, -0.05) is 129 Å². The smallest absolute Gasteiger partial charge is 0.265 e. The van der Waals surface area contributed by atoms with Crippen molar-refractivity contribution in [3.63, 3.8) is 0 Å². The zero-order valence-corrected chi connectivity index (χ0v) is 64.4. The molecule has 10 heterocycles. The summed E-state index contributed by atoms with van der Waals surface area (Å²) in [5.41, 5.74) is 11.8. The van der Waals surface area contributed by atoms with Crippen LogP contribution < -0.4 is 22.2 Å². The van der Waals surface area contributed by atoms with E-state index in [0.717, 1.165) is 104 Å². The molecule has 4 amide bonds. The predicted molar refractivity (Wildman–Crippen MR) is 459 cm³/mol. The Bertz CT molecular complexity index is 6810. The molecule has 118 heavy (non-hydrogen) atoms. The number of pyridine rings is 2. The van der Waals surface area contributed by atoms with Crippen LogP contribution in [0.3, 0.4) is 0 Å². The zero-order chi connectivity index (χ0) is 81.9. The molecule has 584 valence electrons. The Morgan fingerprint density at radius 3 is 1.25 bits per heavy atom. The Kier molecular flexibility index (Phi) is 19.8. The van der Waals surface area contributed by atoms with Crippen LogP contribution in [0.5, 0.6) is 11.5 Å². The Morgan fingerprint density at radius 2 is 0.771 bits per heavy atom. The molecule has 4 aliphatic heterocycles. The van der Waals surface area contributed by atoms with Gasteiger partial charge in [-0.2, -0.15) is 10.2 Å². The summed E-state index contributed by atoms with van der Waals surface area (Å²) >= 11 is 0.